The van der Waals surface area contributed by atoms with Crippen LogP contribution in [-0.2, 0) is 0 Å². The lowest BCUT2D eigenvalue weighted by atomic mass is 9.87. The van der Waals surface area contributed by atoms with Crippen LogP contribution in [0.2, 0.25) is 0 Å². The van der Waals surface area contributed by atoms with E-state index in [0.717, 1.165) is 21.9 Å². The van der Waals surface area contributed by atoms with Gasteiger partial charge in [0, 0.05) is 10.8 Å². The summed E-state index contributed by atoms with van der Waals surface area (Å²) in [5, 5.41) is 17.6. The third kappa shape index (κ3) is 4.60. The average Bonchev–Trinajstić information content (AvgIpc) is 3.62. The first-order chi connectivity index (χ1) is 27.2. The minimum absolute atomic E-state index is 0.903. The Morgan fingerprint density at radius 2 is 0.727 bits per heavy atom. The number of fused-ring (bicyclic) bond motifs is 13. The molecule has 12 aromatic rings. The summed E-state index contributed by atoms with van der Waals surface area (Å²) in [6.45, 7) is 0. The van der Waals surface area contributed by atoms with Crippen molar-refractivity contribution < 1.29 is 4.42 Å². The zero-order valence-corrected chi connectivity index (χ0v) is 29.9. The minimum Gasteiger partial charge on any atom is -0.456 e. The van der Waals surface area contributed by atoms with Gasteiger partial charge in [0.05, 0.1) is 0 Å². The van der Waals surface area contributed by atoms with Gasteiger partial charge in [-0.3, -0.25) is 0 Å². The smallest absolute Gasteiger partial charge is 0.135 e. The lowest BCUT2D eigenvalue weighted by Crippen LogP contribution is -1.89. The van der Waals surface area contributed by atoms with E-state index in [2.05, 4.69) is 194 Å². The molecule has 55 heavy (non-hydrogen) atoms. The predicted octanol–water partition coefficient (Wildman–Crippen LogP) is 15.5. The number of benzene rings is 11. The van der Waals surface area contributed by atoms with Crippen molar-refractivity contribution in [3.63, 3.8) is 0 Å². The number of rotatable bonds is 3. The molecule has 0 unspecified atom stereocenters. The van der Waals surface area contributed by atoms with Gasteiger partial charge in [-0.2, -0.15) is 0 Å². The molecule has 1 heteroatoms. The average molecular weight is 697 g/mol. The van der Waals surface area contributed by atoms with Crippen LogP contribution in [0.3, 0.4) is 0 Å². The van der Waals surface area contributed by atoms with E-state index >= 15 is 0 Å². The van der Waals surface area contributed by atoms with Crippen molar-refractivity contribution in [3.8, 4) is 33.4 Å². The van der Waals surface area contributed by atoms with Crippen LogP contribution < -0.4 is 0 Å². The summed E-state index contributed by atoms with van der Waals surface area (Å²) >= 11 is 0. The molecule has 0 fully saturated rings. The molecule has 1 heterocycles. The van der Waals surface area contributed by atoms with E-state index in [4.69, 9.17) is 4.42 Å². The van der Waals surface area contributed by atoms with Crippen LogP contribution in [0.5, 0.6) is 0 Å². The highest BCUT2D eigenvalue weighted by Crippen LogP contribution is 2.44. The second-order valence-corrected chi connectivity index (χ2v) is 14.8. The molecule has 1 nitrogen and oxygen atoms in total. The summed E-state index contributed by atoms with van der Waals surface area (Å²) in [7, 11) is 0. The molecule has 0 saturated heterocycles. The molecule has 1 aromatic heterocycles. The quantitative estimate of drug-likeness (QED) is 0.168. The van der Waals surface area contributed by atoms with E-state index in [-0.39, 0.29) is 0 Å². The SMILES string of the molecule is c1ccc2c(-c3ccc4oc5ccc(-c6ccc7ccc(-c8cc9c%10ccccc%10c%10ccccc%10c9c9ccccc89)cc7c6)cc5c4c3)cccc2c1. The van der Waals surface area contributed by atoms with E-state index in [9.17, 15) is 0 Å². The Labute approximate surface area is 317 Å². The van der Waals surface area contributed by atoms with Crippen molar-refractivity contribution in [2.75, 3.05) is 0 Å². The fraction of sp³-hybridized carbons (Fsp3) is 0. The van der Waals surface area contributed by atoms with Gasteiger partial charge in [-0.15, -0.1) is 0 Å². The molecule has 0 radical (unpaired) electrons. The van der Waals surface area contributed by atoms with E-state index < -0.39 is 0 Å². The molecule has 0 saturated carbocycles. The number of furan rings is 1. The maximum absolute atomic E-state index is 6.37. The largest absolute Gasteiger partial charge is 0.456 e. The highest BCUT2D eigenvalue weighted by atomic mass is 16.3. The van der Waals surface area contributed by atoms with Gasteiger partial charge in [-0.05, 0) is 140 Å². The first-order valence-electron chi connectivity index (χ1n) is 19.0. The summed E-state index contributed by atoms with van der Waals surface area (Å²) in [4.78, 5) is 0. The Balaban J connectivity index is 1.01. The molecule has 0 aliphatic heterocycles. The second-order valence-electron chi connectivity index (χ2n) is 14.8. The Bertz CT molecular complexity index is 3540. The van der Waals surface area contributed by atoms with Crippen LogP contribution >= 0.6 is 0 Å². The van der Waals surface area contributed by atoms with Gasteiger partial charge in [-0.25, -0.2) is 0 Å². The maximum atomic E-state index is 6.37. The highest BCUT2D eigenvalue weighted by molar-refractivity contribution is 6.33. The van der Waals surface area contributed by atoms with Crippen molar-refractivity contribution in [1.29, 1.82) is 0 Å². The van der Waals surface area contributed by atoms with E-state index in [0.29, 0.717) is 0 Å². The molecule has 0 bridgehead atoms. The molecule has 12 rings (SSSR count). The summed E-state index contributed by atoms with van der Waals surface area (Å²) in [6, 6.07) is 71.2. The second kappa shape index (κ2) is 11.6. The van der Waals surface area contributed by atoms with Crippen LogP contribution in [0.4, 0.5) is 0 Å². The molecule has 0 spiro atoms. The van der Waals surface area contributed by atoms with Gasteiger partial charge in [-0.1, -0.05) is 152 Å². The Morgan fingerprint density at radius 3 is 1.49 bits per heavy atom. The summed E-state index contributed by atoms with van der Waals surface area (Å²) < 4.78 is 6.37. The summed E-state index contributed by atoms with van der Waals surface area (Å²) in [5.74, 6) is 0. The Morgan fingerprint density at radius 1 is 0.236 bits per heavy atom. The van der Waals surface area contributed by atoms with Gasteiger partial charge in [0.15, 0.2) is 0 Å². The van der Waals surface area contributed by atoms with E-state index in [1.54, 1.807) is 0 Å². The van der Waals surface area contributed by atoms with Crippen LogP contribution in [0, 0.1) is 0 Å². The molecular formula is C54H32O. The van der Waals surface area contributed by atoms with Crippen LogP contribution in [-0.4, -0.2) is 0 Å². The van der Waals surface area contributed by atoms with Crippen molar-refractivity contribution in [3.05, 3.63) is 194 Å². The molecule has 0 N–H and O–H groups in total. The van der Waals surface area contributed by atoms with Gasteiger partial charge in [0.1, 0.15) is 11.2 Å². The van der Waals surface area contributed by atoms with Crippen LogP contribution in [0.1, 0.15) is 0 Å². The van der Waals surface area contributed by atoms with E-state index in [1.807, 2.05) is 0 Å². The molecule has 0 amide bonds. The molecule has 0 aliphatic rings. The lowest BCUT2D eigenvalue weighted by molar-refractivity contribution is 0.669. The van der Waals surface area contributed by atoms with Crippen LogP contribution in [0.15, 0.2) is 199 Å². The molecule has 0 aliphatic carbocycles. The maximum Gasteiger partial charge on any atom is 0.135 e. The zero-order chi connectivity index (χ0) is 36.0. The Hall–Kier alpha value is -7.22. The van der Waals surface area contributed by atoms with Gasteiger partial charge in [0.25, 0.3) is 0 Å². The number of hydrogen-bond donors (Lipinski definition) is 0. The third-order valence-electron chi connectivity index (χ3n) is 11.8. The van der Waals surface area contributed by atoms with Gasteiger partial charge >= 0.3 is 0 Å². The fourth-order valence-electron chi connectivity index (χ4n) is 9.20. The lowest BCUT2D eigenvalue weighted by Gasteiger charge is -2.16. The predicted molar refractivity (Wildman–Crippen MR) is 235 cm³/mol. The topological polar surface area (TPSA) is 13.1 Å². The highest BCUT2D eigenvalue weighted by Gasteiger charge is 2.16. The minimum atomic E-state index is 0.903. The number of hydrogen-bond acceptors (Lipinski definition) is 1. The molecule has 254 valence electrons. The third-order valence-corrected chi connectivity index (χ3v) is 11.8. The molecular weight excluding hydrogens is 665 g/mol. The van der Waals surface area contributed by atoms with Crippen molar-refractivity contribution in [1.82, 2.24) is 0 Å². The van der Waals surface area contributed by atoms with Crippen LogP contribution in [0.25, 0.3) is 120 Å². The van der Waals surface area contributed by atoms with Crippen molar-refractivity contribution >= 4 is 86.6 Å². The first-order valence-corrected chi connectivity index (χ1v) is 19.0. The zero-order valence-electron chi connectivity index (χ0n) is 29.9. The Kier molecular flexibility index (Phi) is 6.40. The van der Waals surface area contributed by atoms with Crippen molar-refractivity contribution in [2.24, 2.45) is 0 Å². The van der Waals surface area contributed by atoms with Gasteiger partial charge in [0.2, 0.25) is 0 Å². The normalized spacial score (nSPS) is 12.0. The standard InChI is InChI=1S/C54H32O/c1-2-12-40-34(10-1)11-9-19-41(40)38-25-27-53-50(31-38)49-30-36(24-26-52(49)55-53)35-22-20-33-21-23-37(29-39(33)28-35)48-32-51-44-15-4-3-13-42(44)43-14-5-7-17-46(43)54(51)47-18-8-6-16-45(47)48/h1-32H. The summed E-state index contributed by atoms with van der Waals surface area (Å²) in [5.41, 5.74) is 9.07. The molecule has 0 atom stereocenters. The molecule has 11 aromatic carbocycles. The summed E-state index contributed by atoms with van der Waals surface area (Å²) in [6.07, 6.45) is 0. The van der Waals surface area contributed by atoms with Crippen molar-refractivity contribution in [2.45, 2.75) is 0 Å². The first kappa shape index (κ1) is 30.3. The monoisotopic (exact) mass is 696 g/mol. The fourth-order valence-corrected chi connectivity index (χ4v) is 9.20. The van der Waals surface area contributed by atoms with Gasteiger partial charge < -0.3 is 4.42 Å². The van der Waals surface area contributed by atoms with E-state index in [1.165, 1.54) is 98.0 Å².